The second-order valence-electron chi connectivity index (χ2n) is 11.2. The number of aromatic nitrogens is 1. The van der Waals surface area contributed by atoms with Crippen LogP contribution in [0.5, 0.6) is 0 Å². The van der Waals surface area contributed by atoms with Gasteiger partial charge in [-0.2, -0.15) is 0 Å². The smallest absolute Gasteiger partial charge is 0.354 e. The Morgan fingerprint density at radius 3 is 2.36 bits per heavy atom. The summed E-state index contributed by atoms with van der Waals surface area (Å²) in [4.78, 5) is 15.0. The number of aromatic carboxylic acids is 1. The maximum atomic E-state index is 10.8. The summed E-state index contributed by atoms with van der Waals surface area (Å²) in [6.07, 6.45) is 16.4. The highest BCUT2D eigenvalue weighted by atomic mass is 16.4. The van der Waals surface area contributed by atoms with Crippen molar-refractivity contribution in [3.63, 3.8) is 0 Å². The maximum Gasteiger partial charge on any atom is 0.354 e. The van der Waals surface area contributed by atoms with Crippen molar-refractivity contribution in [2.45, 2.75) is 117 Å². The zero-order chi connectivity index (χ0) is 24.3. The standard InChI is InChI=1S/C16H33NO.C12H15NO2/c1-3-4-5-6-7-8-9-10-13-17-14-16(2,18)15-11-12-15;1-12(2)6-5-8-3-4-9(11(14)15)13-10(8)7-12/h15,17-18H,3-14H2,1-2H3;3-4H,5-7H2,1-2H3,(H,14,15)/t16-;/m0./s1. The summed E-state index contributed by atoms with van der Waals surface area (Å²) in [7, 11) is 0. The minimum atomic E-state index is -0.943. The van der Waals surface area contributed by atoms with Crippen LogP contribution in [0.3, 0.4) is 0 Å². The number of nitrogens with one attached hydrogen (secondary N) is 1. The fourth-order valence-electron chi connectivity index (χ4n) is 4.62. The number of pyridine rings is 1. The van der Waals surface area contributed by atoms with E-state index in [1.54, 1.807) is 6.07 Å². The van der Waals surface area contributed by atoms with Crippen LogP contribution in [0, 0.1) is 11.3 Å². The average Bonchev–Trinajstić information content (AvgIpc) is 3.60. The molecule has 0 bridgehead atoms. The molecule has 1 atom stereocenters. The molecule has 0 radical (unpaired) electrons. The molecule has 0 unspecified atom stereocenters. The Morgan fingerprint density at radius 1 is 1.12 bits per heavy atom. The molecule has 0 aromatic carbocycles. The molecule has 188 valence electrons. The number of nitrogens with zero attached hydrogens (tertiary/aromatic N) is 1. The minimum absolute atomic E-state index is 0.159. The lowest BCUT2D eigenvalue weighted by atomic mass is 9.76. The van der Waals surface area contributed by atoms with Crippen molar-refractivity contribution in [2.75, 3.05) is 13.1 Å². The lowest BCUT2D eigenvalue weighted by Gasteiger charge is -2.30. The second kappa shape index (κ2) is 13.4. The first-order chi connectivity index (χ1) is 15.6. The summed E-state index contributed by atoms with van der Waals surface area (Å²) in [5.41, 5.74) is 2.12. The van der Waals surface area contributed by atoms with Gasteiger partial charge < -0.3 is 15.5 Å². The van der Waals surface area contributed by atoms with E-state index in [-0.39, 0.29) is 11.1 Å². The summed E-state index contributed by atoms with van der Waals surface area (Å²) >= 11 is 0. The van der Waals surface area contributed by atoms with Crippen LogP contribution in [0.4, 0.5) is 0 Å². The van der Waals surface area contributed by atoms with Gasteiger partial charge in [-0.25, -0.2) is 9.78 Å². The summed E-state index contributed by atoms with van der Waals surface area (Å²) in [5, 5.41) is 22.4. The van der Waals surface area contributed by atoms with Crippen molar-refractivity contribution in [1.82, 2.24) is 10.3 Å². The van der Waals surface area contributed by atoms with Gasteiger partial charge in [0.2, 0.25) is 0 Å². The van der Waals surface area contributed by atoms with Crippen LogP contribution in [0.1, 0.15) is 120 Å². The summed E-state index contributed by atoms with van der Waals surface area (Å²) in [5.74, 6) is -0.384. The van der Waals surface area contributed by atoms with Gasteiger partial charge in [-0.05, 0) is 75.0 Å². The lowest BCUT2D eigenvalue weighted by molar-refractivity contribution is 0.0371. The third-order valence-corrected chi connectivity index (χ3v) is 7.15. The fourth-order valence-corrected chi connectivity index (χ4v) is 4.62. The highest BCUT2D eigenvalue weighted by Gasteiger charge is 2.39. The molecule has 1 heterocycles. The van der Waals surface area contributed by atoms with Gasteiger partial charge in [-0.1, -0.05) is 71.8 Å². The Bertz CT molecular complexity index is 726. The highest BCUT2D eigenvalue weighted by Crippen LogP contribution is 2.39. The van der Waals surface area contributed by atoms with Gasteiger partial charge in [0.05, 0.1) is 5.60 Å². The Morgan fingerprint density at radius 2 is 1.76 bits per heavy atom. The van der Waals surface area contributed by atoms with Gasteiger partial charge in [-0.3, -0.25) is 0 Å². The molecule has 2 aliphatic carbocycles. The van der Waals surface area contributed by atoms with Crippen LogP contribution in [0.15, 0.2) is 12.1 Å². The van der Waals surface area contributed by atoms with Crippen LogP contribution in [-0.4, -0.2) is 39.9 Å². The van der Waals surface area contributed by atoms with Crippen LogP contribution in [0.25, 0.3) is 0 Å². The molecule has 1 fully saturated rings. The molecule has 0 spiro atoms. The number of carboxylic acids is 1. The number of rotatable bonds is 13. The van der Waals surface area contributed by atoms with E-state index in [4.69, 9.17) is 5.11 Å². The van der Waals surface area contributed by atoms with E-state index in [2.05, 4.69) is 31.1 Å². The van der Waals surface area contributed by atoms with E-state index in [9.17, 15) is 9.90 Å². The van der Waals surface area contributed by atoms with E-state index in [1.165, 1.54) is 69.8 Å². The number of carboxylic acid groups (broad SMARTS) is 1. The molecule has 0 saturated heterocycles. The largest absolute Gasteiger partial charge is 0.477 e. The van der Waals surface area contributed by atoms with Crippen LogP contribution in [-0.2, 0) is 12.8 Å². The molecule has 1 aromatic heterocycles. The molecule has 5 heteroatoms. The number of hydrogen-bond donors (Lipinski definition) is 3. The fraction of sp³-hybridized carbons (Fsp3) is 0.786. The molecule has 0 amide bonds. The van der Waals surface area contributed by atoms with E-state index >= 15 is 0 Å². The SMILES string of the molecule is CC1(C)CCc2ccc(C(=O)O)nc2C1.CCCCCCCCCCNC[C@](C)(O)C1CC1. The van der Waals surface area contributed by atoms with Crippen molar-refractivity contribution in [3.05, 3.63) is 29.1 Å². The molecule has 0 aliphatic heterocycles. The van der Waals surface area contributed by atoms with E-state index in [0.717, 1.165) is 38.0 Å². The first-order valence-electron chi connectivity index (χ1n) is 13.3. The zero-order valence-corrected chi connectivity index (χ0v) is 21.6. The van der Waals surface area contributed by atoms with Crippen molar-refractivity contribution < 1.29 is 15.0 Å². The average molecular weight is 461 g/mol. The van der Waals surface area contributed by atoms with Crippen molar-refractivity contribution >= 4 is 5.97 Å². The van der Waals surface area contributed by atoms with Gasteiger partial charge in [0.15, 0.2) is 0 Å². The molecule has 1 saturated carbocycles. The third-order valence-electron chi connectivity index (χ3n) is 7.15. The van der Waals surface area contributed by atoms with E-state index < -0.39 is 11.6 Å². The third kappa shape index (κ3) is 10.6. The summed E-state index contributed by atoms with van der Waals surface area (Å²) in [6, 6.07) is 3.50. The lowest BCUT2D eigenvalue weighted by Crippen LogP contribution is -2.40. The molecular weight excluding hydrogens is 412 g/mol. The van der Waals surface area contributed by atoms with E-state index in [0.29, 0.717) is 5.92 Å². The quantitative estimate of drug-likeness (QED) is 0.307. The second-order valence-corrected chi connectivity index (χ2v) is 11.2. The number of hydrogen-bond acceptors (Lipinski definition) is 4. The zero-order valence-electron chi connectivity index (χ0n) is 21.6. The minimum Gasteiger partial charge on any atom is -0.477 e. The molecule has 5 nitrogen and oxygen atoms in total. The molecule has 3 N–H and O–H groups in total. The van der Waals surface area contributed by atoms with Gasteiger partial charge in [0.1, 0.15) is 5.69 Å². The van der Waals surface area contributed by atoms with Gasteiger partial charge >= 0.3 is 5.97 Å². The van der Waals surface area contributed by atoms with Crippen LogP contribution in [0.2, 0.25) is 0 Å². The Kier molecular flexibility index (Phi) is 11.3. The van der Waals surface area contributed by atoms with Crippen LogP contribution < -0.4 is 5.32 Å². The molecule has 2 aliphatic rings. The topological polar surface area (TPSA) is 82.5 Å². The molecular formula is C28H48N2O3. The Labute approximate surface area is 201 Å². The van der Waals surface area contributed by atoms with Gasteiger partial charge in [0, 0.05) is 12.2 Å². The monoisotopic (exact) mass is 460 g/mol. The van der Waals surface area contributed by atoms with Crippen molar-refractivity contribution in [2.24, 2.45) is 11.3 Å². The molecule has 1 aromatic rings. The first-order valence-corrected chi connectivity index (χ1v) is 13.3. The van der Waals surface area contributed by atoms with Gasteiger partial charge in [0.25, 0.3) is 0 Å². The van der Waals surface area contributed by atoms with Crippen molar-refractivity contribution in [1.29, 1.82) is 0 Å². The number of unbranched alkanes of at least 4 members (excludes halogenated alkanes) is 7. The van der Waals surface area contributed by atoms with E-state index in [1.807, 2.05) is 13.0 Å². The number of aryl methyl sites for hydroxylation is 1. The molecule has 3 rings (SSSR count). The predicted molar refractivity (Wildman–Crippen MR) is 136 cm³/mol. The summed E-state index contributed by atoms with van der Waals surface area (Å²) in [6.45, 7) is 10.5. The Balaban J connectivity index is 0.000000237. The Hall–Kier alpha value is -1.46. The number of aliphatic hydroxyl groups is 1. The highest BCUT2D eigenvalue weighted by molar-refractivity contribution is 5.85. The van der Waals surface area contributed by atoms with Gasteiger partial charge in [-0.15, -0.1) is 0 Å². The number of fused-ring (bicyclic) bond motifs is 1. The predicted octanol–water partition coefficient (Wildman–Crippen LogP) is 6.17. The van der Waals surface area contributed by atoms with Crippen molar-refractivity contribution in [3.8, 4) is 0 Å². The maximum absolute atomic E-state index is 10.8. The number of carbonyl (C=O) groups is 1. The normalized spacial score (nSPS) is 18.6. The van der Waals surface area contributed by atoms with Crippen LogP contribution >= 0.6 is 0 Å². The summed E-state index contributed by atoms with van der Waals surface area (Å²) < 4.78 is 0. The first kappa shape index (κ1) is 27.8. The molecule has 33 heavy (non-hydrogen) atoms.